The predicted octanol–water partition coefficient (Wildman–Crippen LogP) is 3.33. The van der Waals surface area contributed by atoms with Crippen molar-refractivity contribution in [2.24, 2.45) is 0 Å². The summed E-state index contributed by atoms with van der Waals surface area (Å²) in [6, 6.07) is 6.73. The molecule has 0 aliphatic heterocycles. The second-order valence-corrected chi connectivity index (χ2v) is 4.34. The second kappa shape index (κ2) is 6.24. The van der Waals surface area contributed by atoms with Gasteiger partial charge in [0.25, 0.3) is 0 Å². The fourth-order valence-corrected chi connectivity index (χ4v) is 1.66. The van der Waals surface area contributed by atoms with E-state index in [1.807, 2.05) is 0 Å². The number of aromatic nitrogens is 2. The normalized spacial score (nSPS) is 10.2. The fourth-order valence-electron chi connectivity index (χ4n) is 1.43. The van der Waals surface area contributed by atoms with Crippen LogP contribution in [-0.4, -0.2) is 16.5 Å². The van der Waals surface area contributed by atoms with Gasteiger partial charge in [0.2, 0.25) is 11.8 Å². The summed E-state index contributed by atoms with van der Waals surface area (Å²) >= 11 is 6.04. The molecule has 0 unspecified atom stereocenters. The molecule has 0 saturated heterocycles. The Morgan fingerprint density at radius 1 is 1.37 bits per heavy atom. The highest BCUT2D eigenvalue weighted by atomic mass is 35.5. The molecular formula is C13H15ClN4O. The van der Waals surface area contributed by atoms with Crippen LogP contribution in [0.5, 0.6) is 11.6 Å². The summed E-state index contributed by atoms with van der Waals surface area (Å²) in [6.45, 7) is 2.88. The molecule has 0 bridgehead atoms. The Bertz CT molecular complexity index is 562. The van der Waals surface area contributed by atoms with Gasteiger partial charge >= 0.3 is 0 Å². The number of hydrogen-bond donors (Lipinski definition) is 2. The summed E-state index contributed by atoms with van der Waals surface area (Å²) in [4.78, 5) is 8.33. The summed E-state index contributed by atoms with van der Waals surface area (Å²) in [7, 11) is 0. The first kappa shape index (κ1) is 13.4. The minimum Gasteiger partial charge on any atom is -0.437 e. The zero-order chi connectivity index (χ0) is 13.7. The molecule has 2 aromatic rings. The maximum absolute atomic E-state index is 6.04. The van der Waals surface area contributed by atoms with Gasteiger partial charge in [-0.3, -0.25) is 0 Å². The summed E-state index contributed by atoms with van der Waals surface area (Å²) in [6.07, 6.45) is 2.63. The van der Waals surface area contributed by atoms with E-state index < -0.39 is 0 Å². The highest BCUT2D eigenvalue weighted by molar-refractivity contribution is 6.32. The van der Waals surface area contributed by atoms with E-state index in [0.717, 1.165) is 13.0 Å². The number of anilines is 2. The number of ether oxygens (including phenoxy) is 1. The number of nitrogen functional groups attached to an aromatic ring is 1. The van der Waals surface area contributed by atoms with Crippen molar-refractivity contribution in [3.05, 3.63) is 35.5 Å². The lowest BCUT2D eigenvalue weighted by Gasteiger charge is -2.08. The maximum Gasteiger partial charge on any atom is 0.225 e. The number of halogens is 1. The molecule has 0 amide bonds. The van der Waals surface area contributed by atoms with E-state index in [1.165, 1.54) is 0 Å². The van der Waals surface area contributed by atoms with Crippen molar-refractivity contribution < 1.29 is 4.74 Å². The van der Waals surface area contributed by atoms with Crippen LogP contribution in [0.15, 0.2) is 30.5 Å². The average Bonchev–Trinajstić information content (AvgIpc) is 2.40. The average molecular weight is 279 g/mol. The van der Waals surface area contributed by atoms with E-state index in [4.69, 9.17) is 22.1 Å². The molecule has 1 aromatic heterocycles. The van der Waals surface area contributed by atoms with E-state index in [-0.39, 0.29) is 0 Å². The van der Waals surface area contributed by atoms with Crippen LogP contribution >= 0.6 is 11.6 Å². The topological polar surface area (TPSA) is 73.1 Å². The molecule has 0 aliphatic carbocycles. The molecule has 19 heavy (non-hydrogen) atoms. The van der Waals surface area contributed by atoms with E-state index >= 15 is 0 Å². The van der Waals surface area contributed by atoms with Gasteiger partial charge in [-0.05, 0) is 24.6 Å². The highest BCUT2D eigenvalue weighted by Gasteiger charge is 2.05. The Hall–Kier alpha value is -2.01. The van der Waals surface area contributed by atoms with Gasteiger partial charge in [0.1, 0.15) is 5.75 Å². The van der Waals surface area contributed by atoms with Crippen molar-refractivity contribution >= 4 is 23.2 Å². The first-order chi connectivity index (χ1) is 9.19. The second-order valence-electron chi connectivity index (χ2n) is 3.94. The van der Waals surface area contributed by atoms with Crippen molar-refractivity contribution in [2.75, 3.05) is 17.6 Å². The maximum atomic E-state index is 6.04. The first-order valence-corrected chi connectivity index (χ1v) is 6.36. The van der Waals surface area contributed by atoms with E-state index in [0.29, 0.717) is 28.3 Å². The first-order valence-electron chi connectivity index (χ1n) is 5.99. The molecule has 3 N–H and O–H groups in total. The third-order valence-corrected chi connectivity index (χ3v) is 2.63. The molecule has 0 atom stereocenters. The van der Waals surface area contributed by atoms with Gasteiger partial charge in [-0.2, -0.15) is 4.98 Å². The number of hydrogen-bond acceptors (Lipinski definition) is 5. The Morgan fingerprint density at radius 2 is 2.21 bits per heavy atom. The predicted molar refractivity (Wildman–Crippen MR) is 76.8 cm³/mol. The van der Waals surface area contributed by atoms with Crippen molar-refractivity contribution in [3.8, 4) is 11.6 Å². The van der Waals surface area contributed by atoms with Crippen molar-refractivity contribution in [1.82, 2.24) is 9.97 Å². The lowest BCUT2D eigenvalue weighted by Crippen LogP contribution is -2.04. The third kappa shape index (κ3) is 3.72. The lowest BCUT2D eigenvalue weighted by molar-refractivity contribution is 0.462. The molecule has 0 aliphatic rings. The van der Waals surface area contributed by atoms with Crippen molar-refractivity contribution in [2.45, 2.75) is 13.3 Å². The van der Waals surface area contributed by atoms with Crippen LogP contribution in [0.4, 0.5) is 11.6 Å². The van der Waals surface area contributed by atoms with E-state index in [2.05, 4.69) is 22.2 Å². The molecule has 0 radical (unpaired) electrons. The third-order valence-electron chi connectivity index (χ3n) is 2.33. The minimum atomic E-state index is 0.431. The van der Waals surface area contributed by atoms with E-state index in [9.17, 15) is 0 Å². The SMILES string of the molecule is CCCNc1nccc(Oc2ccc(N)cc2Cl)n1. The monoisotopic (exact) mass is 278 g/mol. The quantitative estimate of drug-likeness (QED) is 0.821. The summed E-state index contributed by atoms with van der Waals surface area (Å²) in [5, 5.41) is 3.54. The fraction of sp³-hybridized carbons (Fsp3) is 0.231. The zero-order valence-electron chi connectivity index (χ0n) is 10.6. The molecule has 0 saturated carbocycles. The minimum absolute atomic E-state index is 0.431. The molecular weight excluding hydrogens is 264 g/mol. The van der Waals surface area contributed by atoms with Crippen molar-refractivity contribution in [1.29, 1.82) is 0 Å². The Kier molecular flexibility index (Phi) is 4.41. The van der Waals surface area contributed by atoms with Gasteiger partial charge in [0.15, 0.2) is 0 Å². The van der Waals surface area contributed by atoms with Gasteiger partial charge in [0, 0.05) is 24.5 Å². The van der Waals surface area contributed by atoms with Gasteiger partial charge < -0.3 is 15.8 Å². The van der Waals surface area contributed by atoms with Crippen LogP contribution in [0.3, 0.4) is 0 Å². The molecule has 1 aromatic carbocycles. The molecule has 6 heteroatoms. The molecule has 5 nitrogen and oxygen atoms in total. The molecule has 2 rings (SSSR count). The summed E-state index contributed by atoms with van der Waals surface area (Å²) in [5.41, 5.74) is 6.21. The largest absolute Gasteiger partial charge is 0.437 e. The van der Waals surface area contributed by atoms with Crippen LogP contribution in [0, 0.1) is 0 Å². The summed E-state index contributed by atoms with van der Waals surface area (Å²) < 4.78 is 5.61. The number of rotatable bonds is 5. The molecule has 1 heterocycles. The van der Waals surface area contributed by atoms with Crippen LogP contribution in [-0.2, 0) is 0 Å². The Morgan fingerprint density at radius 3 is 2.95 bits per heavy atom. The zero-order valence-corrected chi connectivity index (χ0v) is 11.3. The lowest BCUT2D eigenvalue weighted by atomic mass is 10.3. The molecule has 0 fully saturated rings. The standard InChI is InChI=1S/C13H15ClN4O/c1-2-6-16-13-17-7-5-12(18-13)19-11-4-3-9(15)8-10(11)14/h3-5,7-8H,2,6,15H2,1H3,(H,16,17,18). The Labute approximate surface area is 116 Å². The number of nitrogens with one attached hydrogen (secondary N) is 1. The van der Waals surface area contributed by atoms with Crippen molar-refractivity contribution in [3.63, 3.8) is 0 Å². The molecule has 100 valence electrons. The highest BCUT2D eigenvalue weighted by Crippen LogP contribution is 2.30. The number of benzene rings is 1. The van der Waals surface area contributed by atoms with Gasteiger partial charge in [-0.25, -0.2) is 4.98 Å². The van der Waals surface area contributed by atoms with Crippen LogP contribution in [0.25, 0.3) is 0 Å². The summed E-state index contributed by atoms with van der Waals surface area (Å²) in [5.74, 6) is 1.47. The molecule has 0 spiro atoms. The number of nitrogens with two attached hydrogens (primary N) is 1. The van der Waals surface area contributed by atoms with E-state index in [1.54, 1.807) is 30.5 Å². The smallest absolute Gasteiger partial charge is 0.225 e. The number of nitrogens with zero attached hydrogens (tertiary/aromatic N) is 2. The van der Waals surface area contributed by atoms with Gasteiger partial charge in [-0.15, -0.1) is 0 Å². The van der Waals surface area contributed by atoms with Gasteiger partial charge in [0.05, 0.1) is 5.02 Å². The van der Waals surface area contributed by atoms with Crippen LogP contribution < -0.4 is 15.8 Å². The van der Waals surface area contributed by atoms with Crippen LogP contribution in [0.2, 0.25) is 5.02 Å². The van der Waals surface area contributed by atoms with Gasteiger partial charge in [-0.1, -0.05) is 18.5 Å². The van der Waals surface area contributed by atoms with Crippen LogP contribution in [0.1, 0.15) is 13.3 Å². The Balaban J connectivity index is 2.14.